The summed E-state index contributed by atoms with van der Waals surface area (Å²) < 4.78 is 0. The predicted molar refractivity (Wildman–Crippen MR) is 51.2 cm³/mol. The van der Waals surface area contributed by atoms with E-state index < -0.39 is 0 Å². The van der Waals surface area contributed by atoms with E-state index in [0.717, 1.165) is 13.1 Å². The van der Waals surface area contributed by atoms with Crippen molar-refractivity contribution in [3.8, 4) is 0 Å². The summed E-state index contributed by atoms with van der Waals surface area (Å²) in [6.45, 7) is 7.23. The van der Waals surface area contributed by atoms with Crippen molar-refractivity contribution in [2.45, 2.75) is 27.2 Å². The Balaban J connectivity index is 3.66. The summed E-state index contributed by atoms with van der Waals surface area (Å²) >= 11 is 0. The van der Waals surface area contributed by atoms with Gasteiger partial charge in [-0.25, -0.2) is 0 Å². The molecule has 13 heavy (non-hydrogen) atoms. The molecule has 1 N–H and O–H groups in total. The molecule has 0 bridgehead atoms. The van der Waals surface area contributed by atoms with E-state index in [1.165, 1.54) is 6.92 Å². The van der Waals surface area contributed by atoms with Crippen LogP contribution in [0.15, 0.2) is 0 Å². The first-order valence-corrected chi connectivity index (χ1v) is 4.64. The molecule has 2 amide bonds. The Kier molecular flexibility index (Phi) is 5.93. The molecule has 0 aliphatic rings. The van der Waals surface area contributed by atoms with Crippen LogP contribution in [-0.2, 0) is 9.59 Å². The van der Waals surface area contributed by atoms with Crippen molar-refractivity contribution in [2.75, 3.05) is 19.6 Å². The van der Waals surface area contributed by atoms with Crippen LogP contribution < -0.4 is 5.32 Å². The smallest absolute Gasteiger partial charge is 0.224 e. The number of carbonyl (C=O) groups is 2. The molecule has 0 aromatic carbocycles. The molecule has 0 aromatic rings. The van der Waals surface area contributed by atoms with Crippen LogP contribution in [0.1, 0.15) is 27.2 Å². The molecule has 0 saturated carbocycles. The van der Waals surface area contributed by atoms with Crippen molar-refractivity contribution in [3.05, 3.63) is 0 Å². The third-order valence-electron chi connectivity index (χ3n) is 1.83. The number of hydrogen-bond acceptors (Lipinski definition) is 2. The number of hydrogen-bond donors (Lipinski definition) is 1. The summed E-state index contributed by atoms with van der Waals surface area (Å²) in [6.07, 6.45) is 0.390. The zero-order valence-corrected chi connectivity index (χ0v) is 8.59. The molecule has 0 aliphatic carbocycles. The Morgan fingerprint density at radius 2 is 1.77 bits per heavy atom. The highest BCUT2D eigenvalue weighted by molar-refractivity contribution is 5.77. The summed E-state index contributed by atoms with van der Waals surface area (Å²) in [5.41, 5.74) is 0. The first-order chi connectivity index (χ1) is 6.11. The SMILES string of the molecule is CCN(CC)C(=O)CCNC(C)=O. The standard InChI is InChI=1S/C9H18N2O2/c1-4-11(5-2)9(13)6-7-10-8(3)12/h4-7H2,1-3H3,(H,10,12). The highest BCUT2D eigenvalue weighted by atomic mass is 16.2. The number of carbonyl (C=O) groups excluding carboxylic acids is 2. The Morgan fingerprint density at radius 1 is 1.23 bits per heavy atom. The molecule has 0 atom stereocenters. The summed E-state index contributed by atoms with van der Waals surface area (Å²) in [5, 5.41) is 2.59. The minimum absolute atomic E-state index is 0.0904. The minimum Gasteiger partial charge on any atom is -0.356 e. The minimum atomic E-state index is -0.0904. The van der Waals surface area contributed by atoms with Gasteiger partial charge in [0.15, 0.2) is 0 Å². The van der Waals surface area contributed by atoms with Crippen molar-refractivity contribution in [2.24, 2.45) is 0 Å². The fourth-order valence-corrected chi connectivity index (χ4v) is 1.08. The third kappa shape index (κ3) is 5.22. The fourth-order valence-electron chi connectivity index (χ4n) is 1.08. The van der Waals surface area contributed by atoms with Gasteiger partial charge in [0.2, 0.25) is 11.8 Å². The summed E-state index contributed by atoms with van der Waals surface area (Å²) in [7, 11) is 0. The van der Waals surface area contributed by atoms with Crippen molar-refractivity contribution in [3.63, 3.8) is 0 Å². The molecule has 0 spiro atoms. The normalized spacial score (nSPS) is 9.46. The zero-order chi connectivity index (χ0) is 10.3. The van der Waals surface area contributed by atoms with E-state index in [4.69, 9.17) is 0 Å². The maximum absolute atomic E-state index is 11.4. The van der Waals surface area contributed by atoms with Gasteiger partial charge >= 0.3 is 0 Å². The topological polar surface area (TPSA) is 49.4 Å². The van der Waals surface area contributed by atoms with Gasteiger partial charge in [0.25, 0.3) is 0 Å². The number of nitrogens with zero attached hydrogens (tertiary/aromatic N) is 1. The van der Waals surface area contributed by atoms with Crippen molar-refractivity contribution in [1.82, 2.24) is 10.2 Å². The summed E-state index contributed by atoms with van der Waals surface area (Å²) in [4.78, 5) is 23.6. The highest BCUT2D eigenvalue weighted by Crippen LogP contribution is 1.92. The van der Waals surface area contributed by atoms with Crippen molar-refractivity contribution < 1.29 is 9.59 Å². The second-order valence-electron chi connectivity index (χ2n) is 2.80. The summed E-state index contributed by atoms with van der Waals surface area (Å²) in [6, 6.07) is 0. The number of amides is 2. The molecule has 0 unspecified atom stereocenters. The van der Waals surface area contributed by atoms with Gasteiger partial charge in [-0.2, -0.15) is 0 Å². The molecule has 76 valence electrons. The molecule has 0 aliphatic heterocycles. The van der Waals surface area contributed by atoms with Gasteiger partial charge in [-0.1, -0.05) is 0 Å². The van der Waals surface area contributed by atoms with Crippen molar-refractivity contribution >= 4 is 11.8 Å². The van der Waals surface area contributed by atoms with Gasteiger partial charge in [-0.05, 0) is 13.8 Å². The van der Waals surface area contributed by atoms with Crippen LogP contribution in [0.25, 0.3) is 0 Å². The fraction of sp³-hybridized carbons (Fsp3) is 0.778. The van der Waals surface area contributed by atoms with Crippen LogP contribution in [0.5, 0.6) is 0 Å². The van der Waals surface area contributed by atoms with Crippen LogP contribution >= 0.6 is 0 Å². The Morgan fingerprint density at radius 3 is 2.15 bits per heavy atom. The van der Waals surface area contributed by atoms with Crippen LogP contribution in [0.4, 0.5) is 0 Å². The molecule has 0 radical (unpaired) electrons. The highest BCUT2D eigenvalue weighted by Gasteiger charge is 2.08. The van der Waals surface area contributed by atoms with Crippen molar-refractivity contribution in [1.29, 1.82) is 0 Å². The largest absolute Gasteiger partial charge is 0.356 e. The molecule has 0 rings (SSSR count). The Labute approximate surface area is 79.3 Å². The molecular weight excluding hydrogens is 168 g/mol. The van der Waals surface area contributed by atoms with Crippen LogP contribution in [0, 0.1) is 0 Å². The van der Waals surface area contributed by atoms with E-state index >= 15 is 0 Å². The van der Waals surface area contributed by atoms with Gasteiger partial charge in [0.1, 0.15) is 0 Å². The third-order valence-corrected chi connectivity index (χ3v) is 1.83. The maximum Gasteiger partial charge on any atom is 0.224 e. The van der Waals surface area contributed by atoms with Crippen LogP contribution in [-0.4, -0.2) is 36.3 Å². The number of rotatable bonds is 5. The second kappa shape index (κ2) is 6.46. The molecule has 4 heteroatoms. The number of nitrogens with one attached hydrogen (secondary N) is 1. The van der Waals surface area contributed by atoms with E-state index in [0.29, 0.717) is 13.0 Å². The van der Waals surface area contributed by atoms with E-state index in [1.54, 1.807) is 4.90 Å². The average Bonchev–Trinajstić information content (AvgIpc) is 2.05. The van der Waals surface area contributed by atoms with E-state index in [-0.39, 0.29) is 11.8 Å². The van der Waals surface area contributed by atoms with Gasteiger partial charge in [0.05, 0.1) is 0 Å². The molecule has 0 saturated heterocycles. The molecule has 0 heterocycles. The first kappa shape index (κ1) is 11.9. The van der Waals surface area contributed by atoms with Gasteiger partial charge in [-0.15, -0.1) is 0 Å². The maximum atomic E-state index is 11.4. The average molecular weight is 186 g/mol. The first-order valence-electron chi connectivity index (χ1n) is 4.64. The molecular formula is C9H18N2O2. The van der Waals surface area contributed by atoms with E-state index in [2.05, 4.69) is 5.32 Å². The second-order valence-corrected chi connectivity index (χ2v) is 2.80. The monoisotopic (exact) mass is 186 g/mol. The molecule has 0 aromatic heterocycles. The van der Waals surface area contributed by atoms with Gasteiger partial charge < -0.3 is 10.2 Å². The Hall–Kier alpha value is -1.06. The van der Waals surface area contributed by atoms with E-state index in [9.17, 15) is 9.59 Å². The lowest BCUT2D eigenvalue weighted by molar-refractivity contribution is -0.130. The Bertz CT molecular complexity index is 176. The molecule has 0 fully saturated rings. The predicted octanol–water partition coefficient (Wildman–Crippen LogP) is 0.381. The zero-order valence-electron chi connectivity index (χ0n) is 8.59. The van der Waals surface area contributed by atoms with E-state index in [1.807, 2.05) is 13.8 Å². The lowest BCUT2D eigenvalue weighted by atomic mass is 10.3. The molecule has 4 nitrogen and oxygen atoms in total. The van der Waals surface area contributed by atoms with Gasteiger partial charge in [0, 0.05) is 33.0 Å². The lowest BCUT2D eigenvalue weighted by Gasteiger charge is -2.18. The van der Waals surface area contributed by atoms with Crippen LogP contribution in [0.2, 0.25) is 0 Å². The summed E-state index contributed by atoms with van der Waals surface area (Å²) in [5.74, 6) is 0.00565. The van der Waals surface area contributed by atoms with Gasteiger partial charge in [-0.3, -0.25) is 9.59 Å². The van der Waals surface area contributed by atoms with Crippen LogP contribution in [0.3, 0.4) is 0 Å². The quantitative estimate of drug-likeness (QED) is 0.675. The lowest BCUT2D eigenvalue weighted by Crippen LogP contribution is -2.33.